The van der Waals surface area contributed by atoms with Gasteiger partial charge in [0.05, 0.1) is 0 Å². The molecule has 1 saturated heterocycles. The normalized spacial score (nSPS) is 28.2. The van der Waals surface area contributed by atoms with Crippen LogP contribution in [0.4, 0.5) is 0 Å². The molecule has 0 aromatic carbocycles. The second-order valence-electron chi connectivity index (χ2n) is 6.73. The topological polar surface area (TPSA) is 29.3 Å². The van der Waals surface area contributed by atoms with Crippen molar-refractivity contribution in [2.45, 2.75) is 64.8 Å². The first-order chi connectivity index (χ1) is 8.07. The lowest BCUT2D eigenvalue weighted by Gasteiger charge is -2.40. The van der Waals surface area contributed by atoms with Crippen LogP contribution in [0.1, 0.15) is 59.3 Å². The smallest absolute Gasteiger partial charge is 0.0306 e. The van der Waals surface area contributed by atoms with Crippen LogP contribution in [-0.2, 0) is 0 Å². The monoisotopic (exact) mass is 238 g/mol. The van der Waals surface area contributed by atoms with E-state index in [1.807, 2.05) is 0 Å². The van der Waals surface area contributed by atoms with Crippen LogP contribution in [0.25, 0.3) is 0 Å². The zero-order valence-electron chi connectivity index (χ0n) is 12.0. The highest BCUT2D eigenvalue weighted by molar-refractivity contribution is 4.99. The summed E-state index contributed by atoms with van der Waals surface area (Å²) in [5, 5.41) is 0. The van der Waals surface area contributed by atoms with Crippen molar-refractivity contribution in [1.82, 2.24) is 4.90 Å². The second kappa shape index (κ2) is 4.89. The first-order valence-corrected chi connectivity index (χ1v) is 7.52. The lowest BCUT2D eigenvalue weighted by atomic mass is 9.81. The van der Waals surface area contributed by atoms with Crippen LogP contribution in [0.5, 0.6) is 0 Å². The molecule has 2 fully saturated rings. The zero-order valence-corrected chi connectivity index (χ0v) is 12.0. The van der Waals surface area contributed by atoms with Crippen molar-refractivity contribution in [3.8, 4) is 0 Å². The van der Waals surface area contributed by atoms with Crippen LogP contribution in [-0.4, -0.2) is 30.1 Å². The predicted octanol–water partition coefficient (Wildman–Crippen LogP) is 3.02. The van der Waals surface area contributed by atoms with Gasteiger partial charge in [-0.15, -0.1) is 0 Å². The Hall–Kier alpha value is -0.0800. The summed E-state index contributed by atoms with van der Waals surface area (Å²) in [5.74, 6) is 0.974. The van der Waals surface area contributed by atoms with E-state index >= 15 is 0 Å². The Labute approximate surface area is 107 Å². The van der Waals surface area contributed by atoms with Gasteiger partial charge in [0, 0.05) is 18.6 Å². The third kappa shape index (κ3) is 2.68. The Morgan fingerprint density at radius 2 is 1.94 bits per heavy atom. The molecule has 0 aromatic heterocycles. The molecule has 0 spiro atoms. The Morgan fingerprint density at radius 1 is 1.29 bits per heavy atom. The molecule has 1 unspecified atom stereocenters. The third-order valence-electron chi connectivity index (χ3n) is 5.57. The standard InChI is InChI=1S/C15H30N2/c1-4-15(5-2)8-9-17(12-15)14(3,11-16)10-13-6-7-13/h13H,4-12,16H2,1-3H3. The second-order valence-corrected chi connectivity index (χ2v) is 6.73. The van der Waals surface area contributed by atoms with Crippen molar-refractivity contribution in [2.24, 2.45) is 17.1 Å². The van der Waals surface area contributed by atoms with Crippen LogP contribution in [0, 0.1) is 11.3 Å². The van der Waals surface area contributed by atoms with Crippen molar-refractivity contribution in [3.05, 3.63) is 0 Å². The fourth-order valence-corrected chi connectivity index (χ4v) is 3.51. The quantitative estimate of drug-likeness (QED) is 0.771. The third-order valence-corrected chi connectivity index (χ3v) is 5.57. The van der Waals surface area contributed by atoms with E-state index < -0.39 is 0 Å². The lowest BCUT2D eigenvalue weighted by molar-refractivity contribution is 0.105. The van der Waals surface area contributed by atoms with Crippen LogP contribution in [0.2, 0.25) is 0 Å². The Balaban J connectivity index is 2.01. The Bertz CT molecular complexity index is 256. The van der Waals surface area contributed by atoms with E-state index in [0.717, 1.165) is 12.5 Å². The molecule has 1 saturated carbocycles. The van der Waals surface area contributed by atoms with Crippen molar-refractivity contribution < 1.29 is 0 Å². The number of rotatable bonds is 6. The van der Waals surface area contributed by atoms with Crippen molar-refractivity contribution in [3.63, 3.8) is 0 Å². The first-order valence-electron chi connectivity index (χ1n) is 7.52. The summed E-state index contributed by atoms with van der Waals surface area (Å²) in [4.78, 5) is 2.71. The molecule has 0 radical (unpaired) electrons. The first kappa shape index (κ1) is 13.4. The van der Waals surface area contributed by atoms with Crippen molar-refractivity contribution in [2.75, 3.05) is 19.6 Å². The summed E-state index contributed by atoms with van der Waals surface area (Å²) in [6, 6.07) is 0. The fraction of sp³-hybridized carbons (Fsp3) is 1.00. The average Bonchev–Trinajstić information content (AvgIpc) is 3.05. The number of nitrogens with two attached hydrogens (primary N) is 1. The average molecular weight is 238 g/mol. The molecule has 1 heterocycles. The summed E-state index contributed by atoms with van der Waals surface area (Å²) in [5.41, 5.74) is 6.95. The minimum absolute atomic E-state index is 0.271. The van der Waals surface area contributed by atoms with Gasteiger partial charge in [-0.3, -0.25) is 4.90 Å². The van der Waals surface area contributed by atoms with E-state index in [4.69, 9.17) is 5.73 Å². The molecule has 2 N–H and O–H groups in total. The molecule has 2 nitrogen and oxygen atoms in total. The number of hydrogen-bond acceptors (Lipinski definition) is 2. The number of hydrogen-bond donors (Lipinski definition) is 1. The van der Waals surface area contributed by atoms with E-state index in [1.54, 1.807) is 0 Å². The highest BCUT2D eigenvalue weighted by Gasteiger charge is 2.44. The van der Waals surface area contributed by atoms with Gasteiger partial charge in [0.2, 0.25) is 0 Å². The van der Waals surface area contributed by atoms with Gasteiger partial charge in [-0.1, -0.05) is 26.7 Å². The summed E-state index contributed by atoms with van der Waals surface area (Å²) in [6.45, 7) is 10.5. The highest BCUT2D eigenvalue weighted by atomic mass is 15.2. The lowest BCUT2D eigenvalue weighted by Crippen LogP contribution is -2.51. The molecular weight excluding hydrogens is 208 g/mol. The van der Waals surface area contributed by atoms with Crippen LogP contribution < -0.4 is 5.73 Å². The van der Waals surface area contributed by atoms with E-state index in [2.05, 4.69) is 25.7 Å². The zero-order chi connectivity index (χ0) is 12.5. The highest BCUT2D eigenvalue weighted by Crippen LogP contribution is 2.44. The predicted molar refractivity (Wildman–Crippen MR) is 74.0 cm³/mol. The molecule has 2 heteroatoms. The molecule has 0 aromatic rings. The summed E-state index contributed by atoms with van der Waals surface area (Å²) < 4.78 is 0. The van der Waals surface area contributed by atoms with E-state index in [-0.39, 0.29) is 5.54 Å². The van der Waals surface area contributed by atoms with Crippen molar-refractivity contribution in [1.29, 1.82) is 0 Å². The molecule has 1 aliphatic carbocycles. The molecule has 17 heavy (non-hydrogen) atoms. The molecule has 0 amide bonds. The molecular formula is C15H30N2. The minimum atomic E-state index is 0.271. The van der Waals surface area contributed by atoms with Crippen molar-refractivity contribution >= 4 is 0 Å². The maximum atomic E-state index is 6.09. The molecule has 2 aliphatic rings. The molecule has 0 bridgehead atoms. The number of likely N-dealkylation sites (tertiary alicyclic amines) is 1. The maximum absolute atomic E-state index is 6.09. The van der Waals surface area contributed by atoms with E-state index in [0.29, 0.717) is 5.41 Å². The fourth-order valence-electron chi connectivity index (χ4n) is 3.51. The maximum Gasteiger partial charge on any atom is 0.0306 e. The van der Waals surface area contributed by atoms with Gasteiger partial charge >= 0.3 is 0 Å². The van der Waals surface area contributed by atoms with Gasteiger partial charge in [0.1, 0.15) is 0 Å². The van der Waals surface area contributed by atoms with E-state index in [9.17, 15) is 0 Å². The van der Waals surface area contributed by atoms with Gasteiger partial charge in [-0.25, -0.2) is 0 Å². The van der Waals surface area contributed by atoms with Crippen LogP contribution >= 0.6 is 0 Å². The molecule has 1 aliphatic heterocycles. The van der Waals surface area contributed by atoms with E-state index in [1.165, 1.54) is 51.6 Å². The Morgan fingerprint density at radius 3 is 2.35 bits per heavy atom. The van der Waals surface area contributed by atoms with Gasteiger partial charge < -0.3 is 5.73 Å². The molecule has 2 rings (SSSR count). The summed E-state index contributed by atoms with van der Waals surface area (Å²) >= 11 is 0. The van der Waals surface area contributed by atoms with Crippen LogP contribution in [0.3, 0.4) is 0 Å². The molecule has 100 valence electrons. The largest absolute Gasteiger partial charge is 0.329 e. The Kier molecular flexibility index (Phi) is 3.84. The SMILES string of the molecule is CCC1(CC)CCN(C(C)(CN)CC2CC2)C1. The van der Waals surface area contributed by atoms with Gasteiger partial charge in [0.15, 0.2) is 0 Å². The van der Waals surface area contributed by atoms with Gasteiger partial charge in [-0.05, 0) is 50.5 Å². The van der Waals surface area contributed by atoms with Crippen LogP contribution in [0.15, 0.2) is 0 Å². The summed E-state index contributed by atoms with van der Waals surface area (Å²) in [6.07, 6.45) is 8.23. The van der Waals surface area contributed by atoms with Gasteiger partial charge in [-0.2, -0.15) is 0 Å². The number of nitrogens with zero attached hydrogens (tertiary/aromatic N) is 1. The summed E-state index contributed by atoms with van der Waals surface area (Å²) in [7, 11) is 0. The van der Waals surface area contributed by atoms with Gasteiger partial charge in [0.25, 0.3) is 0 Å². The molecule has 1 atom stereocenters. The minimum Gasteiger partial charge on any atom is -0.329 e.